The molecule has 1 saturated carbocycles. The van der Waals surface area contributed by atoms with E-state index in [0.717, 1.165) is 36.7 Å². The van der Waals surface area contributed by atoms with Gasteiger partial charge in [0.15, 0.2) is 5.69 Å². The highest BCUT2D eigenvalue weighted by atomic mass is 16.5. The molecule has 0 saturated heterocycles. The zero-order valence-corrected chi connectivity index (χ0v) is 17.9. The molecule has 0 bridgehead atoms. The van der Waals surface area contributed by atoms with Crippen molar-refractivity contribution in [3.05, 3.63) is 62.4 Å². The first-order chi connectivity index (χ1) is 15.0. The van der Waals surface area contributed by atoms with Gasteiger partial charge in [-0.2, -0.15) is 0 Å². The van der Waals surface area contributed by atoms with Gasteiger partial charge in [-0.3, -0.25) is 19.1 Å². The first-order valence-electron chi connectivity index (χ1n) is 11.0. The molecule has 8 nitrogen and oxygen atoms in total. The number of carbonyl (C=O) groups is 1. The number of aromatic amines is 1. The number of aliphatic hydroxyl groups excluding tert-OH is 1. The molecule has 1 amide bonds. The molecular formula is C23H31N3O5. The zero-order chi connectivity index (χ0) is 22.2. The van der Waals surface area contributed by atoms with Crippen molar-refractivity contribution in [3.8, 4) is 5.75 Å². The fraction of sp³-hybridized carbons (Fsp3) is 0.522. The minimum atomic E-state index is -0.736. The van der Waals surface area contributed by atoms with Crippen molar-refractivity contribution in [2.45, 2.75) is 64.0 Å². The summed E-state index contributed by atoms with van der Waals surface area (Å²) >= 11 is 0. The van der Waals surface area contributed by atoms with Crippen LogP contribution in [0.4, 0.5) is 0 Å². The van der Waals surface area contributed by atoms with E-state index in [4.69, 9.17) is 9.84 Å². The lowest BCUT2D eigenvalue weighted by Crippen LogP contribution is -2.43. The molecule has 1 aromatic heterocycles. The Morgan fingerprint density at radius 1 is 1.19 bits per heavy atom. The first kappa shape index (κ1) is 22.8. The van der Waals surface area contributed by atoms with Crippen LogP contribution in [0.15, 0.2) is 39.9 Å². The fourth-order valence-electron chi connectivity index (χ4n) is 4.02. The summed E-state index contributed by atoms with van der Waals surface area (Å²) in [5, 5.41) is 12.1. The van der Waals surface area contributed by atoms with Gasteiger partial charge in [0.05, 0.1) is 19.8 Å². The molecule has 8 heteroatoms. The van der Waals surface area contributed by atoms with Crippen LogP contribution in [0.1, 0.15) is 67.4 Å². The maximum atomic E-state index is 12.9. The summed E-state index contributed by atoms with van der Waals surface area (Å²) in [5.41, 5.74) is -0.271. The molecule has 0 radical (unpaired) electrons. The number of H-pyrrole nitrogens is 1. The number of nitrogens with one attached hydrogen (secondary N) is 2. The number of unbranched alkanes of at least 4 members (excludes halogenated alkanes) is 1. The van der Waals surface area contributed by atoms with Gasteiger partial charge in [-0.1, -0.05) is 43.7 Å². The van der Waals surface area contributed by atoms with Crippen molar-refractivity contribution in [3.63, 3.8) is 0 Å². The Morgan fingerprint density at radius 2 is 1.90 bits per heavy atom. The molecule has 2 aromatic rings. The Morgan fingerprint density at radius 3 is 2.55 bits per heavy atom. The van der Waals surface area contributed by atoms with Crippen molar-refractivity contribution >= 4 is 5.91 Å². The van der Waals surface area contributed by atoms with Crippen LogP contribution in [0.25, 0.3) is 0 Å². The summed E-state index contributed by atoms with van der Waals surface area (Å²) in [5.74, 6) is -0.207. The summed E-state index contributed by atoms with van der Waals surface area (Å²) < 4.78 is 6.44. The van der Waals surface area contributed by atoms with Gasteiger partial charge in [0.2, 0.25) is 5.75 Å². The number of aromatic nitrogens is 2. The van der Waals surface area contributed by atoms with E-state index in [1.165, 1.54) is 5.56 Å². The van der Waals surface area contributed by atoms with Crippen molar-refractivity contribution in [1.82, 2.24) is 14.9 Å². The normalized spacial score (nSPS) is 18.5. The molecule has 0 aliphatic heterocycles. The predicted octanol–water partition coefficient (Wildman–Crippen LogP) is 2.16. The molecule has 0 spiro atoms. The third-order valence-corrected chi connectivity index (χ3v) is 5.77. The van der Waals surface area contributed by atoms with E-state index >= 15 is 0 Å². The standard InChI is InChI=1S/C23H31N3O5/c1-2-3-15-31-20-19(25-23(30)26(13-14-27)22(20)29)21(28)24-18-11-9-17(10-12-18)16-7-5-4-6-8-16/h4-8,17-18,27H,2-3,9-15H2,1H3,(H,24,28)(H,25,30). The number of amides is 1. The van der Waals surface area contributed by atoms with Gasteiger partial charge >= 0.3 is 5.69 Å². The van der Waals surface area contributed by atoms with E-state index in [0.29, 0.717) is 12.3 Å². The van der Waals surface area contributed by atoms with Gasteiger partial charge in [-0.15, -0.1) is 0 Å². The van der Waals surface area contributed by atoms with Crippen molar-refractivity contribution in [2.24, 2.45) is 0 Å². The third-order valence-electron chi connectivity index (χ3n) is 5.77. The van der Waals surface area contributed by atoms with E-state index in [1.807, 2.05) is 25.1 Å². The van der Waals surface area contributed by atoms with Crippen molar-refractivity contribution in [2.75, 3.05) is 13.2 Å². The van der Waals surface area contributed by atoms with Crippen molar-refractivity contribution < 1.29 is 14.6 Å². The van der Waals surface area contributed by atoms with E-state index in [1.54, 1.807) is 0 Å². The van der Waals surface area contributed by atoms with Crippen molar-refractivity contribution in [1.29, 1.82) is 0 Å². The van der Waals surface area contributed by atoms with Gasteiger partial charge in [0, 0.05) is 6.04 Å². The molecule has 3 N–H and O–H groups in total. The highest BCUT2D eigenvalue weighted by Gasteiger charge is 2.26. The molecule has 1 fully saturated rings. The molecule has 0 unspecified atom stereocenters. The maximum absolute atomic E-state index is 12.9. The van der Waals surface area contributed by atoms with Crippen LogP contribution < -0.4 is 21.3 Å². The van der Waals surface area contributed by atoms with Crippen LogP contribution in [0.2, 0.25) is 0 Å². The highest BCUT2D eigenvalue weighted by Crippen LogP contribution is 2.32. The zero-order valence-electron chi connectivity index (χ0n) is 17.9. The minimum Gasteiger partial charge on any atom is -0.486 e. The Bertz CT molecular complexity index is 975. The first-order valence-corrected chi connectivity index (χ1v) is 11.0. The van der Waals surface area contributed by atoms with E-state index in [-0.39, 0.29) is 37.2 Å². The lowest BCUT2D eigenvalue weighted by Gasteiger charge is -2.29. The second-order valence-electron chi connectivity index (χ2n) is 7.95. The average molecular weight is 430 g/mol. The van der Waals surface area contributed by atoms with Gasteiger partial charge < -0.3 is 15.2 Å². The number of hydrogen-bond donors (Lipinski definition) is 3. The van der Waals surface area contributed by atoms with E-state index in [9.17, 15) is 14.4 Å². The number of benzene rings is 1. The molecule has 168 valence electrons. The van der Waals surface area contributed by atoms with Gasteiger partial charge in [-0.05, 0) is 43.6 Å². The quantitative estimate of drug-likeness (QED) is 0.529. The lowest BCUT2D eigenvalue weighted by molar-refractivity contribution is 0.0914. The highest BCUT2D eigenvalue weighted by molar-refractivity contribution is 5.94. The fourth-order valence-corrected chi connectivity index (χ4v) is 4.02. The second-order valence-corrected chi connectivity index (χ2v) is 7.95. The van der Waals surface area contributed by atoms with Crippen LogP contribution in [-0.4, -0.2) is 39.8 Å². The second kappa shape index (κ2) is 10.9. The van der Waals surface area contributed by atoms with Crippen LogP contribution in [0.5, 0.6) is 5.75 Å². The van der Waals surface area contributed by atoms with Gasteiger partial charge in [0.25, 0.3) is 11.5 Å². The molecule has 1 aliphatic carbocycles. The smallest absolute Gasteiger partial charge is 0.329 e. The minimum absolute atomic E-state index is 0.0284. The number of nitrogens with zero attached hydrogens (tertiary/aromatic N) is 1. The summed E-state index contributed by atoms with van der Waals surface area (Å²) in [6.45, 7) is 1.72. The number of hydrogen-bond acceptors (Lipinski definition) is 5. The molecule has 31 heavy (non-hydrogen) atoms. The summed E-state index contributed by atoms with van der Waals surface area (Å²) in [4.78, 5) is 40.4. The molecule has 1 aliphatic rings. The topological polar surface area (TPSA) is 113 Å². The molecular weight excluding hydrogens is 398 g/mol. The number of ether oxygens (including phenoxy) is 1. The third kappa shape index (κ3) is 5.64. The van der Waals surface area contributed by atoms with Crippen LogP contribution in [-0.2, 0) is 6.54 Å². The largest absolute Gasteiger partial charge is 0.486 e. The van der Waals surface area contributed by atoms with Gasteiger partial charge in [0.1, 0.15) is 0 Å². The molecule has 3 rings (SSSR count). The van der Waals surface area contributed by atoms with Crippen LogP contribution in [0.3, 0.4) is 0 Å². The Balaban J connectivity index is 1.73. The van der Waals surface area contributed by atoms with E-state index in [2.05, 4.69) is 22.4 Å². The molecule has 0 atom stereocenters. The summed E-state index contributed by atoms with van der Waals surface area (Å²) in [7, 11) is 0. The molecule has 1 aromatic carbocycles. The number of aliphatic hydroxyl groups is 1. The lowest BCUT2D eigenvalue weighted by atomic mass is 9.82. The summed E-state index contributed by atoms with van der Waals surface area (Å²) in [6.07, 6.45) is 5.14. The molecule has 1 heterocycles. The van der Waals surface area contributed by atoms with E-state index < -0.39 is 17.2 Å². The summed E-state index contributed by atoms with van der Waals surface area (Å²) in [6, 6.07) is 10.3. The SMILES string of the molecule is CCCCOc1c(C(=O)NC2CCC(c3ccccc3)CC2)[nH]c(=O)n(CCO)c1=O. The Hall–Kier alpha value is -2.87. The number of carbonyl (C=O) groups excluding carboxylic acids is 1. The number of rotatable bonds is 9. The average Bonchev–Trinajstić information content (AvgIpc) is 2.79. The Kier molecular flexibility index (Phi) is 8.06. The monoisotopic (exact) mass is 429 g/mol. The predicted molar refractivity (Wildman–Crippen MR) is 118 cm³/mol. The van der Waals surface area contributed by atoms with Gasteiger partial charge in [-0.25, -0.2) is 4.79 Å². The Labute approximate surface area is 181 Å². The maximum Gasteiger partial charge on any atom is 0.329 e. The van der Waals surface area contributed by atoms with Crippen LogP contribution in [0, 0.1) is 0 Å². The van der Waals surface area contributed by atoms with Crippen LogP contribution >= 0.6 is 0 Å².